The Morgan fingerprint density at radius 2 is 2.16 bits per heavy atom. The van der Waals surface area contributed by atoms with E-state index >= 15 is 0 Å². The van der Waals surface area contributed by atoms with E-state index in [1.165, 1.54) is 0 Å². The molecule has 0 atom stereocenters. The van der Waals surface area contributed by atoms with Crippen LogP contribution in [-0.2, 0) is 11.2 Å². The van der Waals surface area contributed by atoms with Crippen LogP contribution in [0.1, 0.15) is 43.7 Å². The van der Waals surface area contributed by atoms with Crippen LogP contribution in [-0.4, -0.2) is 30.6 Å². The molecule has 0 saturated heterocycles. The molecule has 8 heteroatoms. The van der Waals surface area contributed by atoms with E-state index in [4.69, 9.17) is 4.52 Å². The summed E-state index contributed by atoms with van der Waals surface area (Å²) < 4.78 is 6.98. The molecule has 0 spiro atoms. The smallest absolute Gasteiger partial charge is 0.227 e. The zero-order valence-corrected chi connectivity index (χ0v) is 14.4. The molecule has 130 valence electrons. The van der Waals surface area contributed by atoms with Gasteiger partial charge < -0.3 is 9.84 Å². The Labute approximate surface area is 145 Å². The van der Waals surface area contributed by atoms with Gasteiger partial charge in [0.25, 0.3) is 0 Å². The maximum atomic E-state index is 12.3. The Morgan fingerprint density at radius 1 is 1.32 bits per heavy atom. The zero-order chi connectivity index (χ0) is 17.8. The van der Waals surface area contributed by atoms with E-state index < -0.39 is 0 Å². The molecule has 25 heavy (non-hydrogen) atoms. The molecule has 3 heterocycles. The molecular formula is C17H20N6O2. The van der Waals surface area contributed by atoms with Crippen molar-refractivity contribution >= 4 is 11.6 Å². The van der Waals surface area contributed by atoms with Gasteiger partial charge in [0.05, 0.1) is 5.69 Å². The van der Waals surface area contributed by atoms with Gasteiger partial charge in [-0.1, -0.05) is 19.0 Å². The highest BCUT2D eigenvalue weighted by Crippen LogP contribution is 2.19. The van der Waals surface area contributed by atoms with Crippen molar-refractivity contribution < 1.29 is 9.32 Å². The number of pyridine rings is 1. The minimum atomic E-state index is -0.142. The Bertz CT molecular complexity index is 867. The first-order chi connectivity index (χ1) is 12.0. The number of hydrogen-bond acceptors (Lipinski definition) is 6. The van der Waals surface area contributed by atoms with Crippen LogP contribution in [0.15, 0.2) is 35.2 Å². The molecule has 0 saturated carbocycles. The van der Waals surface area contributed by atoms with E-state index in [0.29, 0.717) is 29.6 Å². The van der Waals surface area contributed by atoms with E-state index in [1.807, 2.05) is 31.4 Å². The SMILES string of the molecule is Cc1nccn1-c1ncccc1NC(=O)CCc1nc(C(C)C)no1. The predicted molar refractivity (Wildman–Crippen MR) is 91.4 cm³/mol. The fraction of sp³-hybridized carbons (Fsp3) is 0.353. The van der Waals surface area contributed by atoms with Gasteiger partial charge in [0.1, 0.15) is 5.82 Å². The Morgan fingerprint density at radius 3 is 2.84 bits per heavy atom. The summed E-state index contributed by atoms with van der Waals surface area (Å²) in [5.74, 6) is 2.60. The van der Waals surface area contributed by atoms with Crippen molar-refractivity contribution in [3.63, 3.8) is 0 Å². The summed E-state index contributed by atoms with van der Waals surface area (Å²) in [6.07, 6.45) is 5.81. The van der Waals surface area contributed by atoms with Crippen molar-refractivity contribution in [2.24, 2.45) is 0 Å². The van der Waals surface area contributed by atoms with E-state index in [1.54, 1.807) is 24.7 Å². The van der Waals surface area contributed by atoms with E-state index in [2.05, 4.69) is 25.4 Å². The summed E-state index contributed by atoms with van der Waals surface area (Å²) in [7, 11) is 0. The highest BCUT2D eigenvalue weighted by molar-refractivity contribution is 5.92. The molecule has 0 aliphatic heterocycles. The summed E-state index contributed by atoms with van der Waals surface area (Å²) in [5, 5.41) is 6.78. The lowest BCUT2D eigenvalue weighted by molar-refractivity contribution is -0.116. The number of amides is 1. The third kappa shape index (κ3) is 3.90. The van der Waals surface area contributed by atoms with Gasteiger partial charge in [-0.05, 0) is 19.1 Å². The number of nitrogens with zero attached hydrogens (tertiary/aromatic N) is 5. The second kappa shape index (κ2) is 7.25. The van der Waals surface area contributed by atoms with Crippen molar-refractivity contribution in [1.82, 2.24) is 24.7 Å². The van der Waals surface area contributed by atoms with Crippen LogP contribution in [0, 0.1) is 6.92 Å². The van der Waals surface area contributed by atoms with Crippen molar-refractivity contribution in [2.45, 2.75) is 39.5 Å². The van der Waals surface area contributed by atoms with Crippen molar-refractivity contribution in [3.05, 3.63) is 48.3 Å². The molecule has 1 amide bonds. The Kier molecular flexibility index (Phi) is 4.87. The number of anilines is 1. The number of imidazole rings is 1. The third-order valence-corrected chi connectivity index (χ3v) is 3.68. The molecule has 0 unspecified atom stereocenters. The number of rotatable bonds is 6. The third-order valence-electron chi connectivity index (χ3n) is 3.68. The van der Waals surface area contributed by atoms with Gasteiger partial charge >= 0.3 is 0 Å². The molecule has 0 radical (unpaired) electrons. The largest absolute Gasteiger partial charge is 0.339 e. The topological polar surface area (TPSA) is 98.7 Å². The maximum Gasteiger partial charge on any atom is 0.227 e. The summed E-state index contributed by atoms with van der Waals surface area (Å²) >= 11 is 0. The van der Waals surface area contributed by atoms with Crippen LogP contribution in [0.4, 0.5) is 5.69 Å². The van der Waals surface area contributed by atoms with E-state index in [0.717, 1.165) is 5.82 Å². The summed E-state index contributed by atoms with van der Waals surface area (Å²) in [5.41, 5.74) is 0.627. The summed E-state index contributed by atoms with van der Waals surface area (Å²) in [6, 6.07) is 3.58. The Balaban J connectivity index is 1.66. The lowest BCUT2D eigenvalue weighted by Gasteiger charge is -2.11. The first-order valence-electron chi connectivity index (χ1n) is 8.12. The Hall–Kier alpha value is -3.03. The van der Waals surface area contributed by atoms with Crippen molar-refractivity contribution in [1.29, 1.82) is 0 Å². The second-order valence-electron chi connectivity index (χ2n) is 5.97. The van der Waals surface area contributed by atoms with Crippen LogP contribution in [0.3, 0.4) is 0 Å². The monoisotopic (exact) mass is 340 g/mol. The van der Waals surface area contributed by atoms with Crippen molar-refractivity contribution in [2.75, 3.05) is 5.32 Å². The van der Waals surface area contributed by atoms with Gasteiger partial charge in [0.2, 0.25) is 11.8 Å². The van der Waals surface area contributed by atoms with Gasteiger partial charge in [-0.15, -0.1) is 0 Å². The van der Waals surface area contributed by atoms with Gasteiger partial charge in [-0.2, -0.15) is 4.98 Å². The van der Waals surface area contributed by atoms with Gasteiger partial charge in [-0.25, -0.2) is 9.97 Å². The number of aryl methyl sites for hydroxylation is 2. The van der Waals surface area contributed by atoms with Crippen LogP contribution in [0.5, 0.6) is 0 Å². The molecule has 0 aliphatic carbocycles. The normalized spacial score (nSPS) is 11.0. The fourth-order valence-electron chi connectivity index (χ4n) is 2.33. The quantitative estimate of drug-likeness (QED) is 0.740. The average molecular weight is 340 g/mol. The summed E-state index contributed by atoms with van der Waals surface area (Å²) in [6.45, 7) is 5.86. The second-order valence-corrected chi connectivity index (χ2v) is 5.97. The average Bonchev–Trinajstić information content (AvgIpc) is 3.22. The minimum absolute atomic E-state index is 0.142. The number of carbonyl (C=O) groups excluding carboxylic acids is 1. The van der Waals surface area contributed by atoms with Gasteiger partial charge in [-0.3, -0.25) is 9.36 Å². The molecule has 0 fully saturated rings. The van der Waals surface area contributed by atoms with E-state index in [9.17, 15) is 4.79 Å². The molecular weight excluding hydrogens is 320 g/mol. The first kappa shape index (κ1) is 16.8. The van der Waals surface area contributed by atoms with Crippen LogP contribution in [0.2, 0.25) is 0 Å². The maximum absolute atomic E-state index is 12.3. The molecule has 0 bridgehead atoms. The molecule has 0 aromatic carbocycles. The highest BCUT2D eigenvalue weighted by atomic mass is 16.5. The van der Waals surface area contributed by atoms with Crippen LogP contribution in [0.25, 0.3) is 5.82 Å². The summed E-state index contributed by atoms with van der Waals surface area (Å²) in [4.78, 5) is 25.1. The predicted octanol–water partition coefficient (Wildman–Crippen LogP) is 2.65. The number of carbonyl (C=O) groups is 1. The number of hydrogen-bond donors (Lipinski definition) is 1. The minimum Gasteiger partial charge on any atom is -0.339 e. The lowest BCUT2D eigenvalue weighted by Crippen LogP contribution is -2.15. The molecule has 8 nitrogen and oxygen atoms in total. The fourth-order valence-corrected chi connectivity index (χ4v) is 2.33. The molecule has 3 aromatic heterocycles. The highest BCUT2D eigenvalue weighted by Gasteiger charge is 2.14. The van der Waals surface area contributed by atoms with Crippen LogP contribution < -0.4 is 5.32 Å². The molecule has 3 rings (SSSR count). The number of nitrogens with one attached hydrogen (secondary N) is 1. The zero-order valence-electron chi connectivity index (χ0n) is 14.4. The van der Waals surface area contributed by atoms with Gasteiger partial charge in [0.15, 0.2) is 11.6 Å². The van der Waals surface area contributed by atoms with Gasteiger partial charge in [0, 0.05) is 37.4 Å². The molecule has 1 N–H and O–H groups in total. The van der Waals surface area contributed by atoms with Crippen molar-refractivity contribution in [3.8, 4) is 5.82 Å². The lowest BCUT2D eigenvalue weighted by atomic mass is 10.2. The standard InChI is InChI=1S/C17H20N6O2/c1-11(2)16-21-15(25-22-16)7-6-14(24)20-13-5-4-8-19-17(13)23-10-9-18-12(23)3/h4-5,8-11H,6-7H2,1-3H3,(H,20,24). The first-order valence-corrected chi connectivity index (χ1v) is 8.12. The molecule has 3 aromatic rings. The van der Waals surface area contributed by atoms with E-state index in [-0.39, 0.29) is 18.2 Å². The number of aromatic nitrogens is 5. The van der Waals surface area contributed by atoms with Crippen LogP contribution >= 0.6 is 0 Å². The molecule has 0 aliphatic rings.